The fourth-order valence-electron chi connectivity index (χ4n) is 2.75. The lowest BCUT2D eigenvalue weighted by Gasteiger charge is -2.08. The van der Waals surface area contributed by atoms with Gasteiger partial charge in [-0.05, 0) is 66.2 Å². The number of anilines is 1. The maximum absolute atomic E-state index is 13.1. The van der Waals surface area contributed by atoms with Crippen molar-refractivity contribution in [3.05, 3.63) is 86.3 Å². The Kier molecular flexibility index (Phi) is 8.44. The van der Waals surface area contributed by atoms with E-state index < -0.39 is 5.82 Å². The molecule has 0 aliphatic heterocycles. The first-order valence-corrected chi connectivity index (χ1v) is 12.1. The van der Waals surface area contributed by atoms with Gasteiger partial charge in [-0.3, -0.25) is 9.59 Å². The molecule has 0 bridgehead atoms. The standard InChI is InChI=1S/C23H21ClFN3O2S2/c1-14-8-9-32-22(14)23(30)26-19-5-3-4-16(10-19)15(2)27-28-21(29)13-31-12-17-6-7-18(25)11-20(17)24/h3-11H,12-13H2,1-2H3,(H,26,30)(H,28,29). The Bertz CT molecular complexity index is 1160. The SMILES string of the molecule is CC(=NNC(=O)CSCc1ccc(F)cc1Cl)c1cccc(NC(=O)c2sccc2C)c1. The van der Waals surface area contributed by atoms with Crippen LogP contribution in [0.5, 0.6) is 0 Å². The molecule has 0 atom stereocenters. The number of carbonyl (C=O) groups excluding carboxylic acids is 2. The molecule has 2 N–H and O–H groups in total. The molecule has 0 spiro atoms. The summed E-state index contributed by atoms with van der Waals surface area (Å²) >= 11 is 8.75. The summed E-state index contributed by atoms with van der Waals surface area (Å²) in [4.78, 5) is 25.2. The molecule has 0 saturated heterocycles. The summed E-state index contributed by atoms with van der Waals surface area (Å²) in [6, 6.07) is 13.4. The van der Waals surface area contributed by atoms with Crippen LogP contribution < -0.4 is 10.7 Å². The van der Waals surface area contributed by atoms with Gasteiger partial charge >= 0.3 is 0 Å². The highest BCUT2D eigenvalue weighted by atomic mass is 35.5. The van der Waals surface area contributed by atoms with Crippen molar-refractivity contribution < 1.29 is 14.0 Å². The number of rotatable bonds is 8. The molecule has 0 fully saturated rings. The van der Waals surface area contributed by atoms with E-state index >= 15 is 0 Å². The molecule has 0 aliphatic carbocycles. The summed E-state index contributed by atoms with van der Waals surface area (Å²) in [5.74, 6) is -0.140. The number of carbonyl (C=O) groups is 2. The fraction of sp³-hybridized carbons (Fsp3) is 0.174. The van der Waals surface area contributed by atoms with Crippen LogP contribution in [0.4, 0.5) is 10.1 Å². The van der Waals surface area contributed by atoms with Crippen LogP contribution in [-0.2, 0) is 10.5 Å². The van der Waals surface area contributed by atoms with E-state index in [1.165, 1.54) is 35.2 Å². The van der Waals surface area contributed by atoms with E-state index in [4.69, 9.17) is 11.6 Å². The third kappa shape index (κ3) is 6.66. The molecular formula is C23H21ClFN3O2S2. The zero-order chi connectivity index (χ0) is 23.1. The minimum atomic E-state index is -0.392. The minimum absolute atomic E-state index is 0.157. The van der Waals surface area contributed by atoms with Crippen LogP contribution in [-0.4, -0.2) is 23.3 Å². The molecule has 0 radical (unpaired) electrons. The molecule has 1 heterocycles. The van der Waals surface area contributed by atoms with E-state index in [9.17, 15) is 14.0 Å². The maximum Gasteiger partial charge on any atom is 0.265 e. The molecule has 0 aliphatic rings. The van der Waals surface area contributed by atoms with Crippen LogP contribution in [0.3, 0.4) is 0 Å². The van der Waals surface area contributed by atoms with E-state index in [1.54, 1.807) is 25.1 Å². The van der Waals surface area contributed by atoms with Crippen LogP contribution in [0.1, 0.15) is 33.3 Å². The van der Waals surface area contributed by atoms with E-state index in [2.05, 4.69) is 15.8 Å². The smallest absolute Gasteiger partial charge is 0.265 e. The number of halogens is 2. The predicted octanol–water partition coefficient (Wildman–Crippen LogP) is 5.87. The van der Waals surface area contributed by atoms with Crippen molar-refractivity contribution in [1.29, 1.82) is 0 Å². The number of amides is 2. The van der Waals surface area contributed by atoms with Gasteiger partial charge in [0.25, 0.3) is 5.91 Å². The molecule has 5 nitrogen and oxygen atoms in total. The summed E-state index contributed by atoms with van der Waals surface area (Å²) in [6.07, 6.45) is 0. The van der Waals surface area contributed by atoms with Gasteiger partial charge in [0.05, 0.1) is 16.3 Å². The molecule has 1 aromatic heterocycles. The van der Waals surface area contributed by atoms with Crippen LogP contribution in [0.25, 0.3) is 0 Å². The van der Waals surface area contributed by atoms with Gasteiger partial charge in [-0.25, -0.2) is 9.82 Å². The highest BCUT2D eigenvalue weighted by molar-refractivity contribution is 7.99. The Morgan fingerprint density at radius 2 is 2.00 bits per heavy atom. The third-order valence-corrected chi connectivity index (χ3v) is 6.81. The highest BCUT2D eigenvalue weighted by Gasteiger charge is 2.11. The van der Waals surface area contributed by atoms with Gasteiger partial charge in [0.15, 0.2) is 0 Å². The molecule has 0 saturated carbocycles. The normalized spacial score (nSPS) is 11.3. The van der Waals surface area contributed by atoms with Crippen molar-refractivity contribution in [1.82, 2.24) is 5.43 Å². The molecule has 32 heavy (non-hydrogen) atoms. The molecule has 166 valence electrons. The highest BCUT2D eigenvalue weighted by Crippen LogP contribution is 2.22. The molecule has 2 amide bonds. The lowest BCUT2D eigenvalue weighted by atomic mass is 10.1. The van der Waals surface area contributed by atoms with E-state index in [-0.39, 0.29) is 17.6 Å². The lowest BCUT2D eigenvalue weighted by Crippen LogP contribution is -2.21. The summed E-state index contributed by atoms with van der Waals surface area (Å²) in [7, 11) is 0. The number of nitrogens with one attached hydrogen (secondary N) is 2. The van der Waals surface area contributed by atoms with Crippen LogP contribution in [0, 0.1) is 12.7 Å². The summed E-state index contributed by atoms with van der Waals surface area (Å²) < 4.78 is 13.1. The van der Waals surface area contributed by atoms with Crippen molar-refractivity contribution in [2.75, 3.05) is 11.1 Å². The van der Waals surface area contributed by atoms with Crippen LogP contribution in [0.15, 0.2) is 59.0 Å². The molecule has 9 heteroatoms. The van der Waals surface area contributed by atoms with Crippen molar-refractivity contribution in [2.45, 2.75) is 19.6 Å². The maximum atomic E-state index is 13.1. The van der Waals surface area contributed by atoms with Gasteiger partial charge in [-0.2, -0.15) is 5.10 Å². The van der Waals surface area contributed by atoms with Gasteiger partial charge in [0, 0.05) is 16.5 Å². The van der Waals surface area contributed by atoms with Crippen molar-refractivity contribution in [3.63, 3.8) is 0 Å². The molecule has 3 rings (SSSR count). The quantitative estimate of drug-likeness (QED) is 0.307. The number of thioether (sulfide) groups is 1. The average Bonchev–Trinajstić information content (AvgIpc) is 3.20. The van der Waals surface area contributed by atoms with Crippen molar-refractivity contribution >= 4 is 57.9 Å². The molecular weight excluding hydrogens is 469 g/mol. The Hall–Kier alpha value is -2.68. The lowest BCUT2D eigenvalue weighted by molar-refractivity contribution is -0.118. The summed E-state index contributed by atoms with van der Waals surface area (Å²) in [6.45, 7) is 3.67. The zero-order valence-electron chi connectivity index (χ0n) is 17.4. The second kappa shape index (κ2) is 11.3. The number of hydrogen-bond donors (Lipinski definition) is 2. The fourth-order valence-corrected chi connectivity index (χ4v) is 4.71. The van der Waals surface area contributed by atoms with Gasteiger partial charge in [-0.15, -0.1) is 23.1 Å². The van der Waals surface area contributed by atoms with Gasteiger partial charge in [-0.1, -0.05) is 29.8 Å². The molecule has 2 aromatic carbocycles. The van der Waals surface area contributed by atoms with Crippen LogP contribution in [0.2, 0.25) is 5.02 Å². The van der Waals surface area contributed by atoms with E-state index in [0.29, 0.717) is 27.1 Å². The van der Waals surface area contributed by atoms with Crippen LogP contribution >= 0.6 is 34.7 Å². The molecule has 3 aromatic rings. The Balaban J connectivity index is 1.52. The first-order chi connectivity index (χ1) is 15.3. The first kappa shape index (κ1) is 24.0. The predicted molar refractivity (Wildman–Crippen MR) is 131 cm³/mol. The summed E-state index contributed by atoms with van der Waals surface area (Å²) in [5.41, 5.74) is 6.26. The van der Waals surface area contributed by atoms with Gasteiger partial charge in [0.2, 0.25) is 5.91 Å². The summed E-state index contributed by atoms with van der Waals surface area (Å²) in [5, 5.41) is 9.26. The number of aryl methyl sites for hydroxylation is 1. The van der Waals surface area contributed by atoms with Crippen molar-refractivity contribution in [3.8, 4) is 0 Å². The largest absolute Gasteiger partial charge is 0.321 e. The molecule has 0 unspecified atom stereocenters. The number of thiophene rings is 1. The van der Waals surface area contributed by atoms with E-state index in [1.807, 2.05) is 30.5 Å². The number of hydrogen-bond acceptors (Lipinski definition) is 5. The zero-order valence-corrected chi connectivity index (χ0v) is 19.8. The van der Waals surface area contributed by atoms with Crippen molar-refractivity contribution in [2.24, 2.45) is 5.10 Å². The Labute approximate surface area is 199 Å². The minimum Gasteiger partial charge on any atom is -0.321 e. The Morgan fingerprint density at radius 3 is 2.72 bits per heavy atom. The second-order valence-electron chi connectivity index (χ2n) is 6.93. The third-order valence-electron chi connectivity index (χ3n) is 4.46. The number of benzene rings is 2. The van der Waals surface area contributed by atoms with Gasteiger partial charge < -0.3 is 5.32 Å². The second-order valence-corrected chi connectivity index (χ2v) is 9.24. The van der Waals surface area contributed by atoms with E-state index in [0.717, 1.165) is 16.7 Å². The topological polar surface area (TPSA) is 70.6 Å². The Morgan fingerprint density at radius 1 is 1.19 bits per heavy atom. The first-order valence-electron chi connectivity index (χ1n) is 9.64. The number of nitrogens with zero attached hydrogens (tertiary/aromatic N) is 1. The monoisotopic (exact) mass is 489 g/mol. The van der Waals surface area contributed by atoms with Gasteiger partial charge in [0.1, 0.15) is 5.82 Å². The number of hydrazone groups is 1. The average molecular weight is 490 g/mol.